The van der Waals surface area contributed by atoms with Crippen LogP contribution in [0.1, 0.15) is 41.0 Å². The number of fused-ring (bicyclic) bond motifs is 2. The van der Waals surface area contributed by atoms with Crippen molar-refractivity contribution in [2.45, 2.75) is 45.8 Å². The van der Waals surface area contributed by atoms with Crippen LogP contribution in [0.5, 0.6) is 11.5 Å². The van der Waals surface area contributed by atoms with Crippen molar-refractivity contribution < 1.29 is 19.4 Å². The van der Waals surface area contributed by atoms with Gasteiger partial charge in [-0.2, -0.15) is 5.10 Å². The summed E-state index contributed by atoms with van der Waals surface area (Å²) >= 11 is 0. The van der Waals surface area contributed by atoms with Gasteiger partial charge in [-0.05, 0) is 32.4 Å². The number of ether oxygens (including phenoxy) is 2. The minimum absolute atomic E-state index is 0.0704. The summed E-state index contributed by atoms with van der Waals surface area (Å²) in [5.41, 5.74) is 4.87. The summed E-state index contributed by atoms with van der Waals surface area (Å²) in [6, 6.07) is 1.56. The number of nitrogens with one attached hydrogen (secondary N) is 1. The number of benzene rings is 1. The molecule has 4 rings (SSSR count). The molecular formula is C17H18N2O4. The van der Waals surface area contributed by atoms with Crippen LogP contribution >= 0.6 is 0 Å². The zero-order valence-electron chi connectivity index (χ0n) is 13.3. The largest absolute Gasteiger partial charge is 0.490 e. The third-order valence-electron chi connectivity index (χ3n) is 4.56. The van der Waals surface area contributed by atoms with E-state index in [1.165, 1.54) is 0 Å². The zero-order chi connectivity index (χ0) is 16.3. The second-order valence-corrected chi connectivity index (χ2v) is 6.35. The number of carboxylic acid groups (broad SMARTS) is 1. The number of hydrogen-bond donors (Lipinski definition) is 2. The van der Waals surface area contributed by atoms with Crippen LogP contribution in [0.15, 0.2) is 6.07 Å². The van der Waals surface area contributed by atoms with E-state index in [4.69, 9.17) is 14.6 Å². The molecule has 0 bridgehead atoms. The monoisotopic (exact) mass is 314 g/mol. The topological polar surface area (TPSA) is 84.4 Å². The molecule has 0 amide bonds. The van der Waals surface area contributed by atoms with Crippen molar-refractivity contribution in [2.75, 3.05) is 0 Å². The lowest BCUT2D eigenvalue weighted by atomic mass is 9.92. The Morgan fingerprint density at radius 1 is 1.22 bits per heavy atom. The van der Waals surface area contributed by atoms with Crippen LogP contribution in [0.4, 0.5) is 0 Å². The lowest BCUT2D eigenvalue weighted by Crippen LogP contribution is -2.07. The Hall–Kier alpha value is -2.50. The van der Waals surface area contributed by atoms with E-state index in [0.717, 1.165) is 46.6 Å². The van der Waals surface area contributed by atoms with Crippen LogP contribution in [-0.4, -0.2) is 33.5 Å². The molecule has 2 unspecified atom stereocenters. The summed E-state index contributed by atoms with van der Waals surface area (Å²) in [5, 5.41) is 15.9. The van der Waals surface area contributed by atoms with Gasteiger partial charge in [0.25, 0.3) is 0 Å². The van der Waals surface area contributed by atoms with E-state index in [1.54, 1.807) is 6.07 Å². The fourth-order valence-electron chi connectivity index (χ4n) is 3.56. The molecule has 6 heteroatoms. The van der Waals surface area contributed by atoms with Crippen LogP contribution in [0.25, 0.3) is 11.3 Å². The maximum atomic E-state index is 11.1. The highest BCUT2D eigenvalue weighted by atomic mass is 16.5. The van der Waals surface area contributed by atoms with Gasteiger partial charge in [-0.25, -0.2) is 4.79 Å². The summed E-state index contributed by atoms with van der Waals surface area (Å²) in [7, 11) is 0. The van der Waals surface area contributed by atoms with Gasteiger partial charge in [-0.15, -0.1) is 0 Å². The molecule has 2 N–H and O–H groups in total. The van der Waals surface area contributed by atoms with Crippen LogP contribution in [-0.2, 0) is 12.8 Å². The molecule has 2 aromatic rings. The van der Waals surface area contributed by atoms with Crippen molar-refractivity contribution in [2.24, 2.45) is 0 Å². The predicted molar refractivity (Wildman–Crippen MR) is 83.3 cm³/mol. The second kappa shape index (κ2) is 4.75. The number of carbonyl (C=O) groups is 1. The van der Waals surface area contributed by atoms with Gasteiger partial charge in [0.2, 0.25) is 0 Å². The molecule has 0 radical (unpaired) electrons. The number of aromatic carboxylic acids is 1. The highest BCUT2D eigenvalue weighted by Gasteiger charge is 2.35. The molecule has 23 heavy (non-hydrogen) atoms. The Labute approximate surface area is 133 Å². The first-order valence-electron chi connectivity index (χ1n) is 7.76. The quantitative estimate of drug-likeness (QED) is 0.890. The first-order chi connectivity index (χ1) is 11.0. The normalized spacial score (nSPS) is 21.5. The number of rotatable bonds is 2. The maximum Gasteiger partial charge on any atom is 0.353 e. The molecular weight excluding hydrogens is 296 g/mol. The molecule has 0 fully saturated rings. The van der Waals surface area contributed by atoms with E-state index in [-0.39, 0.29) is 17.9 Å². The Morgan fingerprint density at radius 2 is 1.87 bits per heavy atom. The lowest BCUT2D eigenvalue weighted by molar-refractivity contribution is 0.0690. The van der Waals surface area contributed by atoms with Crippen molar-refractivity contribution in [3.05, 3.63) is 28.5 Å². The maximum absolute atomic E-state index is 11.1. The number of aromatic nitrogens is 2. The molecule has 2 atom stereocenters. The van der Waals surface area contributed by atoms with Gasteiger partial charge >= 0.3 is 5.97 Å². The number of carboxylic acids is 1. The number of hydrogen-bond acceptors (Lipinski definition) is 4. The fourth-order valence-corrected chi connectivity index (χ4v) is 3.56. The highest BCUT2D eigenvalue weighted by Crippen LogP contribution is 2.50. The van der Waals surface area contributed by atoms with Crippen LogP contribution in [0.3, 0.4) is 0 Å². The average molecular weight is 314 g/mol. The van der Waals surface area contributed by atoms with Crippen molar-refractivity contribution in [1.82, 2.24) is 10.2 Å². The average Bonchev–Trinajstić information content (AvgIpc) is 3.17. The summed E-state index contributed by atoms with van der Waals surface area (Å²) in [6.45, 7) is 6.13. The van der Waals surface area contributed by atoms with E-state index in [9.17, 15) is 4.79 Å². The van der Waals surface area contributed by atoms with Crippen molar-refractivity contribution in [3.63, 3.8) is 0 Å². The summed E-state index contributed by atoms with van der Waals surface area (Å²) in [5.74, 6) is 0.710. The standard InChI is InChI=1S/C17H18N2O4/c1-7-4-10-9(3)15-11(5-8(2)22-15)14(16(10)23-7)12-6-13(17(20)21)19-18-12/h6-8H,4-5H2,1-3H3,(H,18,19)(H,20,21). The molecule has 120 valence electrons. The van der Waals surface area contributed by atoms with Crippen LogP contribution in [0.2, 0.25) is 0 Å². The number of aromatic amines is 1. The molecule has 6 nitrogen and oxygen atoms in total. The molecule has 0 saturated heterocycles. The van der Waals surface area contributed by atoms with E-state index in [2.05, 4.69) is 17.1 Å². The smallest absolute Gasteiger partial charge is 0.353 e. The van der Waals surface area contributed by atoms with Crippen LogP contribution < -0.4 is 9.47 Å². The molecule has 0 aliphatic carbocycles. The van der Waals surface area contributed by atoms with Gasteiger partial charge in [-0.3, -0.25) is 5.10 Å². The Bertz CT molecular complexity index is 785. The van der Waals surface area contributed by atoms with Crippen LogP contribution in [0, 0.1) is 6.92 Å². The molecule has 2 aliphatic rings. The van der Waals surface area contributed by atoms with Gasteiger partial charge in [0.15, 0.2) is 0 Å². The number of nitrogens with zero attached hydrogens (tertiary/aromatic N) is 1. The highest BCUT2D eigenvalue weighted by molar-refractivity contribution is 5.88. The molecule has 1 aromatic heterocycles. The van der Waals surface area contributed by atoms with Gasteiger partial charge in [0.1, 0.15) is 29.4 Å². The number of H-pyrrole nitrogens is 1. The lowest BCUT2D eigenvalue weighted by Gasteiger charge is -2.14. The summed E-state index contributed by atoms with van der Waals surface area (Å²) < 4.78 is 12.1. The zero-order valence-corrected chi connectivity index (χ0v) is 13.3. The van der Waals surface area contributed by atoms with Gasteiger partial charge in [-0.1, -0.05) is 0 Å². The predicted octanol–water partition coefficient (Wildman–Crippen LogP) is 2.73. The van der Waals surface area contributed by atoms with Gasteiger partial charge in [0, 0.05) is 24.0 Å². The summed E-state index contributed by atoms with van der Waals surface area (Å²) in [6.07, 6.45) is 1.79. The minimum atomic E-state index is -1.02. The minimum Gasteiger partial charge on any atom is -0.490 e. The third kappa shape index (κ3) is 2.01. The molecule has 0 spiro atoms. The van der Waals surface area contributed by atoms with E-state index in [0.29, 0.717) is 5.69 Å². The SMILES string of the molecule is Cc1c2c(c(-c3cc(C(=O)O)[nH]n3)c3c1OC(C)C3)OC(C)C2. The first kappa shape index (κ1) is 14.1. The molecule has 0 saturated carbocycles. The van der Waals surface area contributed by atoms with E-state index in [1.807, 2.05) is 13.8 Å². The van der Waals surface area contributed by atoms with E-state index < -0.39 is 5.97 Å². The van der Waals surface area contributed by atoms with Gasteiger partial charge < -0.3 is 14.6 Å². The Balaban J connectivity index is 1.97. The molecule has 3 heterocycles. The third-order valence-corrected chi connectivity index (χ3v) is 4.56. The van der Waals surface area contributed by atoms with Crippen molar-refractivity contribution >= 4 is 5.97 Å². The Morgan fingerprint density at radius 3 is 2.52 bits per heavy atom. The van der Waals surface area contributed by atoms with E-state index >= 15 is 0 Å². The van der Waals surface area contributed by atoms with Crippen molar-refractivity contribution in [3.8, 4) is 22.8 Å². The Kier molecular flexibility index (Phi) is 2.91. The summed E-state index contributed by atoms with van der Waals surface area (Å²) in [4.78, 5) is 11.1. The van der Waals surface area contributed by atoms with Gasteiger partial charge in [0.05, 0.1) is 11.3 Å². The second-order valence-electron chi connectivity index (χ2n) is 6.35. The van der Waals surface area contributed by atoms with Crippen molar-refractivity contribution in [1.29, 1.82) is 0 Å². The fraction of sp³-hybridized carbons (Fsp3) is 0.412. The molecule has 1 aromatic carbocycles. The molecule has 2 aliphatic heterocycles. The first-order valence-corrected chi connectivity index (χ1v) is 7.76.